The van der Waals surface area contributed by atoms with Crippen LogP contribution in [0.2, 0.25) is 0 Å². The quantitative estimate of drug-likeness (QED) is 0.251. The van der Waals surface area contributed by atoms with Gasteiger partial charge in [0.05, 0.1) is 0 Å². The van der Waals surface area contributed by atoms with Gasteiger partial charge in [0.1, 0.15) is 0 Å². The monoisotopic (exact) mass is 436 g/mol. The Kier molecular flexibility index (Phi) is 7.84. The normalized spacial score (nSPS) is 11.7. The largest absolute Gasteiger partial charge is 1.00 e. The minimum Gasteiger partial charge on any atom is -0.170 e. The number of benzene rings is 3. The Morgan fingerprint density at radius 2 is 1.26 bits per heavy atom. The molecule has 154 valence electrons. The van der Waals surface area contributed by atoms with Crippen molar-refractivity contribution in [1.29, 1.82) is 0 Å². The molecule has 0 unspecified atom stereocenters. The molecule has 0 saturated carbocycles. The predicted molar refractivity (Wildman–Crippen MR) is 137 cm³/mol. The molecule has 0 bridgehead atoms. The van der Waals surface area contributed by atoms with Crippen LogP contribution in [0, 0.1) is 41.5 Å². The minimum absolute atomic E-state index is 0. The molecule has 4 aromatic rings. The first-order valence-corrected chi connectivity index (χ1v) is 13.2. The van der Waals surface area contributed by atoms with Crippen molar-refractivity contribution in [1.82, 2.24) is 0 Å². The van der Waals surface area contributed by atoms with Gasteiger partial charge >= 0.3 is 18.9 Å². The molecule has 1 heterocycles. The van der Waals surface area contributed by atoms with Gasteiger partial charge in [-0.3, -0.25) is 0 Å². The minimum atomic E-state index is -0.264. The van der Waals surface area contributed by atoms with E-state index in [1.807, 2.05) is 0 Å². The van der Waals surface area contributed by atoms with E-state index in [2.05, 4.69) is 96.1 Å². The van der Waals surface area contributed by atoms with Crippen LogP contribution in [-0.2, 0) is 12.6 Å². The summed E-state index contributed by atoms with van der Waals surface area (Å²) in [6, 6.07) is 20.4. The molecule has 0 aliphatic heterocycles. The maximum absolute atomic E-state index is 2.36. The van der Waals surface area contributed by atoms with Gasteiger partial charge in [0.2, 0.25) is 0 Å². The van der Waals surface area contributed by atoms with Gasteiger partial charge in [-0.2, -0.15) is 7.53 Å². The number of aryl methyl sites for hydroxylation is 7. The van der Waals surface area contributed by atoms with Crippen molar-refractivity contribution in [2.45, 2.75) is 54.1 Å². The number of hydrogen-bond acceptors (Lipinski definition) is 0. The average molecular weight is 436 g/mol. The molecule has 0 nitrogen and oxygen atoms in total. The molecule has 31 heavy (non-hydrogen) atoms. The molecule has 0 fully saturated rings. The van der Waals surface area contributed by atoms with Crippen LogP contribution in [0.1, 0.15) is 38.9 Å². The van der Waals surface area contributed by atoms with Crippen LogP contribution in [0.15, 0.2) is 54.6 Å². The Bertz CT molecular complexity index is 1080. The van der Waals surface area contributed by atoms with Crippen molar-refractivity contribution in [3.05, 3.63) is 93.5 Å². The van der Waals surface area contributed by atoms with Gasteiger partial charge in [-0.25, -0.2) is 0 Å². The molecule has 3 heteroatoms. The Hall–Kier alpha value is -1.40. The van der Waals surface area contributed by atoms with E-state index >= 15 is 0 Å². The van der Waals surface area contributed by atoms with E-state index in [9.17, 15) is 0 Å². The first-order chi connectivity index (χ1) is 14.3. The number of hydrogen-bond donors (Lipinski definition) is 0. The Balaban J connectivity index is 0.00000272. The van der Waals surface area contributed by atoms with Gasteiger partial charge in [0.25, 0.3) is 0 Å². The van der Waals surface area contributed by atoms with Crippen molar-refractivity contribution >= 4 is 15.7 Å². The second-order valence-electron chi connectivity index (χ2n) is 8.69. The zero-order valence-electron chi connectivity index (χ0n) is 20.0. The summed E-state index contributed by atoms with van der Waals surface area (Å²) >= 11 is 0. The van der Waals surface area contributed by atoms with Crippen molar-refractivity contribution in [2.75, 3.05) is 0 Å². The topological polar surface area (TPSA) is 0 Å². The van der Waals surface area contributed by atoms with Gasteiger partial charge in [0, 0.05) is 0 Å². The standard InChI is InChI=1S/C28H31P2.Li/c1-18-14-20(3)25(21(4)15-18)27-29-28(26-22(5)16-19(2)17-23(26)6)30(27)13-12-24-10-8-7-9-11-24;/h7-11,14-17H,12-13H2,1-6H3;/q-1;+1. The molecule has 4 rings (SSSR count). The molecule has 0 amide bonds. The number of rotatable bonds is 5. The first-order valence-electron chi connectivity index (χ1n) is 10.8. The Morgan fingerprint density at radius 3 is 1.81 bits per heavy atom. The van der Waals surface area contributed by atoms with Crippen LogP contribution in [0.25, 0.3) is 21.2 Å². The van der Waals surface area contributed by atoms with Gasteiger partial charge < -0.3 is 0 Å². The van der Waals surface area contributed by atoms with E-state index in [1.54, 1.807) is 10.1 Å². The van der Waals surface area contributed by atoms with Crippen LogP contribution < -0.4 is 18.9 Å². The summed E-state index contributed by atoms with van der Waals surface area (Å²) in [6.07, 6.45) is 2.40. The molecule has 0 atom stereocenters. The maximum atomic E-state index is 2.36. The molecule has 0 N–H and O–H groups in total. The molecule has 0 saturated heterocycles. The summed E-state index contributed by atoms with van der Waals surface area (Å²) in [6.45, 7) is 13.6. The van der Waals surface area contributed by atoms with Gasteiger partial charge in [0.15, 0.2) is 0 Å². The van der Waals surface area contributed by atoms with Crippen molar-refractivity contribution in [2.24, 2.45) is 0 Å². The summed E-state index contributed by atoms with van der Waals surface area (Å²) < 4.78 is 0. The summed E-state index contributed by atoms with van der Waals surface area (Å²) in [5, 5.41) is 3.37. The predicted octanol–water partition coefficient (Wildman–Crippen LogP) is 6.40. The third kappa shape index (κ3) is 5.00. The molecule has 3 aromatic carbocycles. The van der Waals surface area contributed by atoms with Gasteiger partial charge in [-0.15, -0.1) is 24.9 Å². The summed E-state index contributed by atoms with van der Waals surface area (Å²) in [7, 11) is 1.19. The first kappa shape index (κ1) is 24.2. The molecular weight excluding hydrogens is 405 g/mol. The Labute approximate surface area is 202 Å². The van der Waals surface area contributed by atoms with Crippen molar-refractivity contribution in [3.8, 4) is 21.2 Å². The Morgan fingerprint density at radius 1 is 0.742 bits per heavy atom. The summed E-state index contributed by atoms with van der Waals surface area (Å²) in [4.78, 5) is 0. The maximum Gasteiger partial charge on any atom is 1.00 e. The van der Waals surface area contributed by atoms with Gasteiger partial charge in [-0.05, 0) is 72.6 Å². The third-order valence-corrected chi connectivity index (χ3v) is 11.1. The van der Waals surface area contributed by atoms with Gasteiger partial charge in [-0.1, -0.05) is 79.6 Å². The summed E-state index contributed by atoms with van der Waals surface area (Å²) in [5.41, 5.74) is 13.0. The van der Waals surface area contributed by atoms with Crippen LogP contribution in [0.5, 0.6) is 0 Å². The van der Waals surface area contributed by atoms with E-state index in [0.717, 1.165) is 6.42 Å². The van der Waals surface area contributed by atoms with Crippen LogP contribution in [0.3, 0.4) is 0 Å². The molecule has 0 aliphatic carbocycles. The van der Waals surface area contributed by atoms with Crippen LogP contribution >= 0.6 is 15.7 Å². The fourth-order valence-corrected chi connectivity index (χ4v) is 10.4. The van der Waals surface area contributed by atoms with Crippen LogP contribution in [0.4, 0.5) is 0 Å². The van der Waals surface area contributed by atoms with E-state index in [-0.39, 0.29) is 26.4 Å². The SMILES string of the molecule is Cc1cc(C)c(-c2p[c-](-c3c(C)cc(C)cc3C)p2CCc2ccccc2)c(C)c1.[Li+]. The zero-order chi connectivity index (χ0) is 21.4. The fraction of sp³-hybridized carbons (Fsp3) is 0.286. The third-order valence-electron chi connectivity index (χ3n) is 5.99. The van der Waals surface area contributed by atoms with E-state index < -0.39 is 0 Å². The van der Waals surface area contributed by atoms with Crippen molar-refractivity contribution in [3.63, 3.8) is 0 Å². The molecule has 0 spiro atoms. The molecule has 1 aromatic heterocycles. The van der Waals surface area contributed by atoms with E-state index in [4.69, 9.17) is 0 Å². The smallest absolute Gasteiger partial charge is 0.170 e. The fourth-order valence-electron chi connectivity index (χ4n) is 4.82. The summed E-state index contributed by atoms with van der Waals surface area (Å²) in [5.74, 6) is 0. The van der Waals surface area contributed by atoms with Crippen molar-refractivity contribution < 1.29 is 18.9 Å². The van der Waals surface area contributed by atoms with Crippen LogP contribution in [-0.4, -0.2) is 0 Å². The molecule has 0 aliphatic rings. The van der Waals surface area contributed by atoms with E-state index in [1.165, 1.54) is 64.4 Å². The van der Waals surface area contributed by atoms with E-state index in [0.29, 0.717) is 0 Å². The molecule has 0 radical (unpaired) electrons. The zero-order valence-corrected chi connectivity index (χ0v) is 21.8. The second-order valence-corrected chi connectivity index (χ2v) is 12.7. The average Bonchev–Trinajstić information content (AvgIpc) is 2.65. The molecular formula is C28H31LiP2. The second kappa shape index (κ2) is 10.0.